The Morgan fingerprint density at radius 3 is 2.50 bits per heavy atom. The first-order chi connectivity index (χ1) is 8.76. The number of hydrogen-bond acceptors (Lipinski definition) is 2. The SMILES string of the molecule is COC(C)(C)CCC[C@H](C)C/C=C/C(C)=C/C(=O)O.[NH4+]. The molecule has 1 atom stereocenters. The summed E-state index contributed by atoms with van der Waals surface area (Å²) < 4.78 is 5.39. The second-order valence-electron chi connectivity index (χ2n) is 5.83. The van der Waals surface area contributed by atoms with Gasteiger partial charge in [0.25, 0.3) is 0 Å². The molecule has 0 fully saturated rings. The van der Waals surface area contributed by atoms with Crippen LogP contribution in [0.5, 0.6) is 0 Å². The molecule has 0 radical (unpaired) electrons. The lowest BCUT2D eigenvalue weighted by molar-refractivity contribution is -0.131. The van der Waals surface area contributed by atoms with Crippen LogP contribution in [0.4, 0.5) is 0 Å². The van der Waals surface area contributed by atoms with Crippen molar-refractivity contribution in [3.05, 3.63) is 23.8 Å². The standard InChI is InChI=1S/C16H28O3.H3N/c1-13(10-7-11-16(3,4)19-5)8-6-9-14(2)12-15(17)18;/h6,9,12-13H,7-8,10-11H2,1-5H3,(H,17,18);1H3/p+1/b9-6+,14-12+;/t13-;/m1./s1. The van der Waals surface area contributed by atoms with Crippen molar-refractivity contribution in [3.63, 3.8) is 0 Å². The molecule has 0 rings (SSSR count). The number of rotatable bonds is 9. The maximum Gasteiger partial charge on any atom is 0.328 e. The minimum absolute atomic E-state index is 0. The van der Waals surface area contributed by atoms with Crippen LogP contribution in [0.15, 0.2) is 23.8 Å². The zero-order chi connectivity index (χ0) is 14.9. The maximum absolute atomic E-state index is 10.4. The van der Waals surface area contributed by atoms with Crippen molar-refractivity contribution in [3.8, 4) is 0 Å². The molecule has 0 bridgehead atoms. The minimum Gasteiger partial charge on any atom is -0.478 e. The number of carbonyl (C=O) groups is 1. The number of ether oxygens (including phenoxy) is 1. The van der Waals surface area contributed by atoms with Crippen molar-refractivity contribution in [2.45, 2.75) is 59.0 Å². The van der Waals surface area contributed by atoms with Crippen LogP contribution in [0.1, 0.15) is 53.4 Å². The van der Waals surface area contributed by atoms with E-state index in [9.17, 15) is 4.79 Å². The zero-order valence-electron chi connectivity index (χ0n) is 13.9. The van der Waals surface area contributed by atoms with Crippen LogP contribution in [-0.2, 0) is 9.53 Å². The first-order valence-corrected chi connectivity index (χ1v) is 6.90. The Kier molecular flexibility index (Phi) is 11.3. The lowest BCUT2D eigenvalue weighted by Gasteiger charge is -2.23. The summed E-state index contributed by atoms with van der Waals surface area (Å²) in [5, 5.41) is 8.59. The van der Waals surface area contributed by atoms with Crippen molar-refractivity contribution in [1.29, 1.82) is 0 Å². The van der Waals surface area contributed by atoms with E-state index in [-0.39, 0.29) is 11.8 Å². The number of allylic oxidation sites excluding steroid dienone is 3. The molecule has 0 heterocycles. The highest BCUT2D eigenvalue weighted by molar-refractivity contribution is 5.81. The first-order valence-electron chi connectivity index (χ1n) is 6.90. The van der Waals surface area contributed by atoms with Crippen molar-refractivity contribution in [2.24, 2.45) is 5.92 Å². The second-order valence-corrected chi connectivity index (χ2v) is 5.83. The van der Waals surface area contributed by atoms with Gasteiger partial charge in [0.15, 0.2) is 0 Å². The third-order valence-corrected chi connectivity index (χ3v) is 3.30. The highest BCUT2D eigenvalue weighted by atomic mass is 16.5. The number of hydrogen-bond donors (Lipinski definition) is 2. The molecule has 0 aliphatic rings. The van der Waals surface area contributed by atoms with Crippen LogP contribution < -0.4 is 6.15 Å². The number of carboxylic acid groups (broad SMARTS) is 1. The fraction of sp³-hybridized carbons (Fsp3) is 0.688. The highest BCUT2D eigenvalue weighted by Crippen LogP contribution is 2.20. The Bertz CT molecular complexity index is 333. The van der Waals surface area contributed by atoms with Gasteiger partial charge in [-0.1, -0.05) is 31.9 Å². The van der Waals surface area contributed by atoms with Gasteiger partial charge in [0.2, 0.25) is 0 Å². The van der Waals surface area contributed by atoms with Crippen LogP contribution in [0, 0.1) is 5.92 Å². The van der Waals surface area contributed by atoms with E-state index in [2.05, 4.69) is 26.8 Å². The molecule has 0 aromatic heterocycles. The Morgan fingerprint density at radius 2 is 2.00 bits per heavy atom. The number of methoxy groups -OCH3 is 1. The maximum atomic E-state index is 10.4. The van der Waals surface area contributed by atoms with E-state index in [4.69, 9.17) is 9.84 Å². The number of quaternary nitrogens is 1. The zero-order valence-corrected chi connectivity index (χ0v) is 13.9. The molecule has 0 spiro atoms. The predicted molar refractivity (Wildman–Crippen MR) is 85.2 cm³/mol. The van der Waals surface area contributed by atoms with E-state index in [0.29, 0.717) is 5.92 Å². The average molecular weight is 286 g/mol. The quantitative estimate of drug-likeness (QED) is 0.481. The van der Waals surface area contributed by atoms with E-state index in [1.165, 1.54) is 12.5 Å². The smallest absolute Gasteiger partial charge is 0.328 e. The van der Waals surface area contributed by atoms with Crippen LogP contribution in [0.2, 0.25) is 0 Å². The van der Waals surface area contributed by atoms with Crippen LogP contribution in [-0.4, -0.2) is 23.8 Å². The van der Waals surface area contributed by atoms with Gasteiger partial charge in [-0.05, 0) is 45.1 Å². The fourth-order valence-electron chi connectivity index (χ4n) is 1.83. The third kappa shape index (κ3) is 11.9. The Morgan fingerprint density at radius 1 is 1.40 bits per heavy atom. The van der Waals surface area contributed by atoms with Crippen LogP contribution in [0.25, 0.3) is 0 Å². The molecule has 0 unspecified atom stereocenters. The summed E-state index contributed by atoms with van der Waals surface area (Å²) in [4.78, 5) is 10.4. The number of carboxylic acids is 1. The summed E-state index contributed by atoms with van der Waals surface area (Å²) in [5.74, 6) is -0.279. The van der Waals surface area contributed by atoms with Gasteiger partial charge >= 0.3 is 5.97 Å². The van der Waals surface area contributed by atoms with Crippen LogP contribution >= 0.6 is 0 Å². The summed E-state index contributed by atoms with van der Waals surface area (Å²) in [6.07, 6.45) is 9.53. The number of aliphatic carboxylic acids is 1. The van der Waals surface area contributed by atoms with Gasteiger partial charge in [-0.3, -0.25) is 0 Å². The van der Waals surface area contributed by atoms with Gasteiger partial charge in [-0.15, -0.1) is 0 Å². The molecule has 0 amide bonds. The lowest BCUT2D eigenvalue weighted by Crippen LogP contribution is -2.22. The molecule has 4 nitrogen and oxygen atoms in total. The normalized spacial score (nSPS) is 14.2. The van der Waals surface area contributed by atoms with Gasteiger partial charge in [-0.2, -0.15) is 0 Å². The lowest BCUT2D eigenvalue weighted by atomic mass is 9.95. The van der Waals surface area contributed by atoms with E-state index in [0.717, 1.165) is 24.8 Å². The summed E-state index contributed by atoms with van der Waals surface area (Å²) in [6.45, 7) is 8.24. The van der Waals surface area contributed by atoms with Crippen molar-refractivity contribution in [1.82, 2.24) is 6.15 Å². The topological polar surface area (TPSA) is 83.0 Å². The van der Waals surface area contributed by atoms with E-state index < -0.39 is 5.97 Å². The molecule has 0 aromatic carbocycles. The summed E-state index contributed by atoms with van der Waals surface area (Å²) >= 11 is 0. The molecular formula is C16H32NO3+. The average Bonchev–Trinajstić information content (AvgIpc) is 2.27. The summed E-state index contributed by atoms with van der Waals surface area (Å²) in [6, 6.07) is 0. The molecule has 0 saturated carbocycles. The Labute approximate surface area is 123 Å². The van der Waals surface area contributed by atoms with Crippen molar-refractivity contribution >= 4 is 5.97 Å². The summed E-state index contributed by atoms with van der Waals surface area (Å²) in [5.41, 5.74) is 0.747. The van der Waals surface area contributed by atoms with Crippen molar-refractivity contribution < 1.29 is 14.6 Å². The predicted octanol–water partition coefficient (Wildman–Crippen LogP) is 4.57. The second kappa shape index (κ2) is 10.6. The molecule has 5 N–H and O–H groups in total. The molecule has 0 aliphatic carbocycles. The first kappa shape index (κ1) is 21.2. The minimum atomic E-state index is -0.892. The molecule has 0 saturated heterocycles. The molecule has 4 heteroatoms. The summed E-state index contributed by atoms with van der Waals surface area (Å²) in [7, 11) is 1.75. The van der Waals surface area contributed by atoms with Crippen LogP contribution in [0.3, 0.4) is 0 Å². The molecule has 20 heavy (non-hydrogen) atoms. The van der Waals surface area contributed by atoms with E-state index in [1.54, 1.807) is 14.0 Å². The van der Waals surface area contributed by atoms with Gasteiger partial charge in [-0.25, -0.2) is 4.79 Å². The third-order valence-electron chi connectivity index (χ3n) is 3.30. The largest absolute Gasteiger partial charge is 0.478 e. The molecule has 0 aromatic rings. The van der Waals surface area contributed by atoms with E-state index in [1.807, 2.05) is 6.08 Å². The fourth-order valence-corrected chi connectivity index (χ4v) is 1.83. The monoisotopic (exact) mass is 286 g/mol. The molecule has 118 valence electrons. The van der Waals surface area contributed by atoms with Gasteiger partial charge in [0.05, 0.1) is 5.60 Å². The van der Waals surface area contributed by atoms with Crippen molar-refractivity contribution in [2.75, 3.05) is 7.11 Å². The van der Waals surface area contributed by atoms with Gasteiger partial charge in [0, 0.05) is 13.2 Å². The molecular weight excluding hydrogens is 254 g/mol. The van der Waals surface area contributed by atoms with Gasteiger partial charge < -0.3 is 16.0 Å². The Balaban J connectivity index is 0. The molecule has 0 aliphatic heterocycles. The van der Waals surface area contributed by atoms with Gasteiger partial charge in [0.1, 0.15) is 0 Å². The Hall–Kier alpha value is -1.13. The highest BCUT2D eigenvalue weighted by Gasteiger charge is 2.15. The van der Waals surface area contributed by atoms with E-state index >= 15 is 0 Å².